The van der Waals surface area contributed by atoms with Gasteiger partial charge in [0.15, 0.2) is 11.6 Å². The van der Waals surface area contributed by atoms with Crippen molar-refractivity contribution < 1.29 is 29.1 Å². The SMILES string of the molecule is NCCn1nnnc1SCC1=C(C(=O)O)N2C(=O)C(NC(=O)C(=NOc3ccccc3)c3nccc(NC=O)n3)[C@H]2SC1. The van der Waals surface area contributed by atoms with Crippen LogP contribution in [0.4, 0.5) is 5.82 Å². The maximum atomic E-state index is 13.4. The van der Waals surface area contributed by atoms with Crippen LogP contribution in [0.1, 0.15) is 5.82 Å². The first-order valence-electron chi connectivity index (χ1n) is 12.5. The van der Waals surface area contributed by atoms with Crippen molar-refractivity contribution in [3.63, 3.8) is 0 Å². The summed E-state index contributed by atoms with van der Waals surface area (Å²) >= 11 is 2.53. The van der Waals surface area contributed by atoms with Gasteiger partial charge in [0.2, 0.25) is 17.3 Å². The van der Waals surface area contributed by atoms with E-state index in [4.69, 9.17) is 10.6 Å². The van der Waals surface area contributed by atoms with E-state index in [1.165, 1.54) is 40.5 Å². The van der Waals surface area contributed by atoms with Crippen LogP contribution in [-0.4, -0.2) is 99.6 Å². The second-order valence-electron chi connectivity index (χ2n) is 8.75. The third kappa shape index (κ3) is 6.47. The zero-order valence-electron chi connectivity index (χ0n) is 22.1. The lowest BCUT2D eigenvalue weighted by molar-refractivity contribution is -0.150. The molecule has 0 radical (unpaired) electrons. The molecule has 2 aromatic heterocycles. The third-order valence-corrected chi connectivity index (χ3v) is 8.41. The number of carbonyl (C=O) groups is 4. The van der Waals surface area contributed by atoms with Gasteiger partial charge in [0.25, 0.3) is 11.8 Å². The number of nitrogens with one attached hydrogen (secondary N) is 2. The molecule has 5 rings (SSSR count). The molecule has 43 heavy (non-hydrogen) atoms. The zero-order chi connectivity index (χ0) is 30.3. The fraction of sp³-hybridized carbons (Fsp3) is 0.250. The van der Waals surface area contributed by atoms with Crippen molar-refractivity contribution in [2.75, 3.05) is 23.4 Å². The largest absolute Gasteiger partial charge is 0.477 e. The number of nitrogens with zero attached hydrogens (tertiary/aromatic N) is 8. The van der Waals surface area contributed by atoms with Gasteiger partial charge in [0, 0.05) is 24.2 Å². The summed E-state index contributed by atoms with van der Waals surface area (Å²) in [6.45, 7) is 0.722. The summed E-state index contributed by atoms with van der Waals surface area (Å²) in [7, 11) is 0. The van der Waals surface area contributed by atoms with Gasteiger partial charge >= 0.3 is 5.97 Å². The normalized spacial score (nSPS) is 18.0. The van der Waals surface area contributed by atoms with Crippen LogP contribution in [0.3, 0.4) is 0 Å². The van der Waals surface area contributed by atoms with Crippen molar-refractivity contribution in [2.45, 2.75) is 23.1 Å². The van der Waals surface area contributed by atoms with Gasteiger partial charge in [-0.2, -0.15) is 0 Å². The molecular weight excluding hydrogens is 602 g/mol. The number of tetrazole rings is 1. The van der Waals surface area contributed by atoms with E-state index < -0.39 is 29.2 Å². The summed E-state index contributed by atoms with van der Waals surface area (Å²) in [6, 6.07) is 8.77. The molecule has 222 valence electrons. The average Bonchev–Trinajstić information content (AvgIpc) is 3.46. The predicted molar refractivity (Wildman–Crippen MR) is 153 cm³/mol. The molecule has 2 atom stereocenters. The molecule has 2 aliphatic rings. The number of carbonyl (C=O) groups excluding carboxylic acids is 3. The maximum absolute atomic E-state index is 13.4. The van der Waals surface area contributed by atoms with Crippen LogP contribution in [0.2, 0.25) is 0 Å². The van der Waals surface area contributed by atoms with Crippen LogP contribution in [0.15, 0.2) is 64.2 Å². The number of rotatable bonds is 13. The minimum Gasteiger partial charge on any atom is -0.477 e. The molecule has 0 saturated carbocycles. The molecule has 4 heterocycles. The number of amides is 3. The predicted octanol–water partition coefficient (Wildman–Crippen LogP) is -0.696. The standard InChI is InChI=1S/C24H23N11O6S2/c25-7-9-34-24(30-32-33-34)43-11-13-10-42-22-17(21(38)35(22)18(13)23(39)40)29-20(37)16(31-41-14-4-2-1-3-5-14)19-26-8-6-15(28-19)27-12-36/h1-6,8,12,17,22H,7,9-11,25H2,(H,29,37)(H,39,40)(H,26,27,28,36)/t17?,22-/m1/s1. The first-order valence-corrected chi connectivity index (χ1v) is 14.6. The van der Waals surface area contributed by atoms with Crippen molar-refractivity contribution in [2.24, 2.45) is 10.9 Å². The summed E-state index contributed by atoms with van der Waals surface area (Å²) in [5.41, 5.74) is 5.57. The number of carboxylic acid groups (broad SMARTS) is 1. The Morgan fingerprint density at radius 3 is 2.84 bits per heavy atom. The highest BCUT2D eigenvalue weighted by Gasteiger charge is 2.54. The summed E-state index contributed by atoms with van der Waals surface area (Å²) < 4.78 is 1.51. The molecule has 3 amide bonds. The van der Waals surface area contributed by atoms with E-state index in [-0.39, 0.29) is 34.6 Å². The Hall–Kier alpha value is -4.88. The lowest BCUT2D eigenvalue weighted by Gasteiger charge is -2.49. The van der Waals surface area contributed by atoms with Crippen LogP contribution < -0.4 is 21.2 Å². The number of thioether (sulfide) groups is 2. The molecule has 1 aromatic carbocycles. The van der Waals surface area contributed by atoms with Crippen LogP contribution in [-0.2, 0) is 25.7 Å². The number of anilines is 1. The Bertz CT molecular complexity index is 1600. The lowest BCUT2D eigenvalue weighted by Crippen LogP contribution is -2.71. The number of fused-ring (bicyclic) bond motifs is 1. The van der Waals surface area contributed by atoms with Crippen molar-refractivity contribution in [3.05, 3.63) is 59.7 Å². The van der Waals surface area contributed by atoms with E-state index in [0.29, 0.717) is 36.0 Å². The molecule has 17 nitrogen and oxygen atoms in total. The maximum Gasteiger partial charge on any atom is 0.352 e. The van der Waals surface area contributed by atoms with Gasteiger partial charge in [-0.1, -0.05) is 35.1 Å². The van der Waals surface area contributed by atoms with Gasteiger partial charge in [-0.25, -0.2) is 19.4 Å². The van der Waals surface area contributed by atoms with E-state index in [9.17, 15) is 24.3 Å². The minimum atomic E-state index is -1.27. The van der Waals surface area contributed by atoms with Gasteiger partial charge in [-0.3, -0.25) is 19.3 Å². The molecule has 1 fully saturated rings. The lowest BCUT2D eigenvalue weighted by atomic mass is 10.0. The van der Waals surface area contributed by atoms with Crippen LogP contribution in [0.25, 0.3) is 0 Å². The fourth-order valence-corrected chi connectivity index (χ4v) is 6.48. The number of nitrogens with two attached hydrogens (primary N) is 1. The quantitative estimate of drug-likeness (QED) is 0.0605. The molecule has 0 aliphatic carbocycles. The van der Waals surface area contributed by atoms with E-state index in [0.717, 1.165) is 4.90 Å². The summed E-state index contributed by atoms with van der Waals surface area (Å²) in [4.78, 5) is 64.5. The fourth-order valence-electron chi connectivity index (χ4n) is 4.10. The molecule has 19 heteroatoms. The Morgan fingerprint density at radius 2 is 2.09 bits per heavy atom. The molecule has 5 N–H and O–H groups in total. The van der Waals surface area contributed by atoms with E-state index in [1.54, 1.807) is 30.3 Å². The summed E-state index contributed by atoms with van der Waals surface area (Å²) in [5.74, 6) is -1.96. The number of para-hydroxylation sites is 1. The molecule has 0 spiro atoms. The van der Waals surface area contributed by atoms with E-state index >= 15 is 0 Å². The Balaban J connectivity index is 1.34. The van der Waals surface area contributed by atoms with Crippen molar-refractivity contribution in [1.82, 2.24) is 40.4 Å². The van der Waals surface area contributed by atoms with Crippen molar-refractivity contribution in [3.8, 4) is 5.75 Å². The number of hydrogen-bond acceptors (Lipinski definition) is 14. The van der Waals surface area contributed by atoms with Gasteiger partial charge < -0.3 is 26.3 Å². The number of oxime groups is 1. The van der Waals surface area contributed by atoms with Gasteiger partial charge in [0.1, 0.15) is 22.9 Å². The Kier molecular flexibility index (Phi) is 9.23. The Morgan fingerprint density at radius 1 is 1.28 bits per heavy atom. The monoisotopic (exact) mass is 625 g/mol. The number of aromatic nitrogens is 6. The Labute approximate surface area is 251 Å². The van der Waals surface area contributed by atoms with Gasteiger partial charge in [0.05, 0.1) is 6.54 Å². The third-order valence-electron chi connectivity index (χ3n) is 6.03. The topological polar surface area (TPSA) is 233 Å². The molecule has 1 unspecified atom stereocenters. The minimum absolute atomic E-state index is 0.104. The molecule has 0 bridgehead atoms. The van der Waals surface area contributed by atoms with Crippen LogP contribution in [0, 0.1) is 0 Å². The molecule has 2 aliphatic heterocycles. The van der Waals surface area contributed by atoms with Crippen LogP contribution in [0.5, 0.6) is 5.75 Å². The smallest absolute Gasteiger partial charge is 0.352 e. The van der Waals surface area contributed by atoms with E-state index in [1.807, 2.05) is 0 Å². The second-order valence-corrected chi connectivity index (χ2v) is 10.8. The number of β-lactam (4-membered cyclic amide) rings is 1. The molecule has 3 aromatic rings. The summed E-state index contributed by atoms with van der Waals surface area (Å²) in [5, 5.41) is 30.1. The summed E-state index contributed by atoms with van der Waals surface area (Å²) in [6.07, 6.45) is 1.72. The highest BCUT2D eigenvalue weighted by atomic mass is 32.2. The zero-order valence-corrected chi connectivity index (χ0v) is 23.7. The van der Waals surface area contributed by atoms with E-state index in [2.05, 4.69) is 41.3 Å². The highest BCUT2D eigenvalue weighted by Crippen LogP contribution is 2.41. The number of carboxylic acids is 1. The second kappa shape index (κ2) is 13.4. The van der Waals surface area contributed by atoms with Crippen molar-refractivity contribution in [1.29, 1.82) is 0 Å². The van der Waals surface area contributed by atoms with Crippen LogP contribution >= 0.6 is 23.5 Å². The molecule has 1 saturated heterocycles. The van der Waals surface area contributed by atoms with Gasteiger partial charge in [-0.15, -0.1) is 16.9 Å². The number of aliphatic carboxylic acids is 1. The average molecular weight is 626 g/mol. The van der Waals surface area contributed by atoms with Gasteiger partial charge in [-0.05, 0) is 34.2 Å². The van der Waals surface area contributed by atoms with Crippen molar-refractivity contribution >= 4 is 59.2 Å². The number of benzene rings is 1. The first kappa shape index (κ1) is 29.6. The first-order chi connectivity index (χ1) is 20.9. The molecular formula is C24H23N11O6S2. The number of hydrogen-bond donors (Lipinski definition) is 4. The highest BCUT2D eigenvalue weighted by molar-refractivity contribution is 8.01.